The topological polar surface area (TPSA) is 47.6 Å². The molecule has 3 rings (SSSR count). The first kappa shape index (κ1) is 19.8. The number of carbonyl (C=O) groups excluding carboxylic acids is 1. The molecular formula is C20H16F3NO3S. The maximum Gasteiger partial charge on any atom is 0.416 e. The van der Waals surface area contributed by atoms with E-state index in [1.807, 2.05) is 24.3 Å². The number of halogens is 3. The lowest BCUT2D eigenvalue weighted by Gasteiger charge is -2.10. The summed E-state index contributed by atoms with van der Waals surface area (Å²) in [5.41, 5.74) is 0.402. The maximum absolute atomic E-state index is 12.6. The third kappa shape index (κ3) is 4.83. The van der Waals surface area contributed by atoms with Crippen LogP contribution >= 0.6 is 11.3 Å². The molecule has 1 heterocycles. The van der Waals surface area contributed by atoms with E-state index in [0.717, 1.165) is 23.4 Å². The van der Waals surface area contributed by atoms with Gasteiger partial charge in [0.2, 0.25) is 0 Å². The number of thiophene rings is 1. The van der Waals surface area contributed by atoms with E-state index >= 15 is 0 Å². The van der Waals surface area contributed by atoms with E-state index in [4.69, 9.17) is 9.47 Å². The normalized spacial score (nSPS) is 11.1. The molecule has 2 aromatic carbocycles. The van der Waals surface area contributed by atoms with E-state index in [1.54, 1.807) is 18.6 Å². The first-order chi connectivity index (χ1) is 13.4. The van der Waals surface area contributed by atoms with Crippen molar-refractivity contribution in [1.82, 2.24) is 0 Å². The van der Waals surface area contributed by atoms with Gasteiger partial charge in [0, 0.05) is 5.69 Å². The summed E-state index contributed by atoms with van der Waals surface area (Å²) in [5.74, 6) is 0.695. The lowest BCUT2D eigenvalue weighted by Crippen LogP contribution is -2.12. The molecule has 1 N–H and O–H groups in total. The Hall–Kier alpha value is -3.00. The molecule has 1 aromatic heterocycles. The van der Waals surface area contributed by atoms with Crippen LogP contribution in [0.4, 0.5) is 18.9 Å². The number of rotatable bonds is 6. The number of methoxy groups -OCH3 is 1. The van der Waals surface area contributed by atoms with Gasteiger partial charge in [0.1, 0.15) is 23.0 Å². The molecule has 4 nitrogen and oxygen atoms in total. The van der Waals surface area contributed by atoms with Crippen molar-refractivity contribution in [3.8, 4) is 11.5 Å². The van der Waals surface area contributed by atoms with Gasteiger partial charge in [-0.15, -0.1) is 11.3 Å². The Morgan fingerprint density at radius 2 is 1.71 bits per heavy atom. The summed E-state index contributed by atoms with van der Waals surface area (Å²) in [4.78, 5) is 12.8. The molecule has 0 atom stereocenters. The van der Waals surface area contributed by atoms with Gasteiger partial charge in [-0.1, -0.05) is 12.1 Å². The predicted molar refractivity (Wildman–Crippen MR) is 101 cm³/mol. The fourth-order valence-corrected chi connectivity index (χ4v) is 3.12. The number of nitrogens with one attached hydrogen (secondary N) is 1. The van der Waals surface area contributed by atoms with Crippen LogP contribution in [0.1, 0.15) is 20.8 Å². The Morgan fingerprint density at radius 3 is 2.32 bits per heavy atom. The largest absolute Gasteiger partial charge is 0.497 e. The van der Waals surface area contributed by atoms with Gasteiger partial charge in [-0.2, -0.15) is 13.2 Å². The summed E-state index contributed by atoms with van der Waals surface area (Å²) in [5, 5.41) is 4.30. The van der Waals surface area contributed by atoms with Crippen LogP contribution in [0.25, 0.3) is 0 Å². The van der Waals surface area contributed by atoms with Crippen LogP contribution in [-0.2, 0) is 12.8 Å². The molecule has 0 saturated carbocycles. The SMILES string of the molecule is COc1ccc(COc2ccsc2C(=O)Nc2ccc(C(F)(F)F)cc2)cc1. The quantitative estimate of drug-likeness (QED) is 0.578. The standard InChI is InChI=1S/C20H16F3NO3S/c1-26-16-8-2-13(3-9-16)12-27-17-10-11-28-18(17)19(25)24-15-6-4-14(5-7-15)20(21,22)23/h2-11H,12H2,1H3,(H,24,25). The molecular weight excluding hydrogens is 391 g/mol. The second-order valence-electron chi connectivity index (χ2n) is 5.78. The van der Waals surface area contributed by atoms with Crippen molar-refractivity contribution in [3.05, 3.63) is 76.0 Å². The Kier molecular flexibility index (Phi) is 5.89. The van der Waals surface area contributed by atoms with Gasteiger partial charge >= 0.3 is 6.18 Å². The van der Waals surface area contributed by atoms with Gasteiger partial charge in [-0.05, 0) is 53.4 Å². The third-order valence-electron chi connectivity index (χ3n) is 3.86. The molecule has 0 bridgehead atoms. The van der Waals surface area contributed by atoms with Gasteiger partial charge in [0.05, 0.1) is 12.7 Å². The monoisotopic (exact) mass is 407 g/mol. The predicted octanol–water partition coefficient (Wildman–Crippen LogP) is 5.61. The van der Waals surface area contributed by atoms with Crippen molar-refractivity contribution < 1.29 is 27.4 Å². The fraction of sp³-hybridized carbons (Fsp3) is 0.150. The number of anilines is 1. The number of carbonyl (C=O) groups is 1. The number of benzene rings is 2. The van der Waals surface area contributed by atoms with Gasteiger partial charge in [0.15, 0.2) is 0 Å². The van der Waals surface area contributed by atoms with Gasteiger partial charge in [0.25, 0.3) is 5.91 Å². The van der Waals surface area contributed by atoms with E-state index < -0.39 is 17.6 Å². The van der Waals surface area contributed by atoms with Crippen LogP contribution in [0.2, 0.25) is 0 Å². The number of ether oxygens (including phenoxy) is 2. The first-order valence-electron chi connectivity index (χ1n) is 8.18. The molecule has 3 aromatic rings. The van der Waals surface area contributed by atoms with E-state index in [-0.39, 0.29) is 12.3 Å². The van der Waals surface area contributed by atoms with E-state index in [0.29, 0.717) is 10.6 Å². The minimum Gasteiger partial charge on any atom is -0.497 e. The first-order valence-corrected chi connectivity index (χ1v) is 9.06. The Morgan fingerprint density at radius 1 is 1.04 bits per heavy atom. The lowest BCUT2D eigenvalue weighted by atomic mass is 10.2. The zero-order chi connectivity index (χ0) is 20.1. The molecule has 0 aliphatic heterocycles. The highest BCUT2D eigenvalue weighted by atomic mass is 32.1. The smallest absolute Gasteiger partial charge is 0.416 e. The Balaban J connectivity index is 1.64. The Labute approximate surface area is 163 Å². The molecule has 0 aliphatic carbocycles. The van der Waals surface area contributed by atoms with Crippen molar-refractivity contribution in [2.24, 2.45) is 0 Å². The minimum absolute atomic E-state index is 0.265. The molecule has 0 unspecified atom stereocenters. The molecule has 1 amide bonds. The third-order valence-corrected chi connectivity index (χ3v) is 4.75. The van der Waals surface area contributed by atoms with Crippen LogP contribution in [0, 0.1) is 0 Å². The second-order valence-corrected chi connectivity index (χ2v) is 6.70. The van der Waals surface area contributed by atoms with E-state index in [2.05, 4.69) is 5.32 Å². The van der Waals surface area contributed by atoms with E-state index in [1.165, 1.54) is 23.5 Å². The molecule has 146 valence electrons. The van der Waals surface area contributed by atoms with Crippen molar-refractivity contribution in [1.29, 1.82) is 0 Å². The van der Waals surface area contributed by atoms with Crippen molar-refractivity contribution >= 4 is 22.9 Å². The highest BCUT2D eigenvalue weighted by Crippen LogP contribution is 2.31. The summed E-state index contributed by atoms with van der Waals surface area (Å²) in [7, 11) is 1.58. The highest BCUT2D eigenvalue weighted by molar-refractivity contribution is 7.12. The zero-order valence-electron chi connectivity index (χ0n) is 14.7. The molecule has 8 heteroatoms. The fourth-order valence-electron chi connectivity index (χ4n) is 2.39. The van der Waals surface area contributed by atoms with Crippen LogP contribution in [0.5, 0.6) is 11.5 Å². The Bertz CT molecular complexity index is 935. The molecule has 0 fully saturated rings. The average Bonchev–Trinajstić information content (AvgIpc) is 3.15. The van der Waals surface area contributed by atoms with Crippen molar-refractivity contribution in [2.45, 2.75) is 12.8 Å². The molecule has 28 heavy (non-hydrogen) atoms. The summed E-state index contributed by atoms with van der Waals surface area (Å²) in [6, 6.07) is 13.3. The van der Waals surface area contributed by atoms with Crippen LogP contribution in [0.15, 0.2) is 60.0 Å². The molecule has 0 radical (unpaired) electrons. The van der Waals surface area contributed by atoms with Crippen molar-refractivity contribution in [2.75, 3.05) is 12.4 Å². The van der Waals surface area contributed by atoms with Crippen molar-refractivity contribution in [3.63, 3.8) is 0 Å². The number of hydrogen-bond acceptors (Lipinski definition) is 4. The van der Waals surface area contributed by atoms with E-state index in [9.17, 15) is 18.0 Å². The maximum atomic E-state index is 12.6. The molecule has 0 saturated heterocycles. The van der Waals surface area contributed by atoms with Crippen LogP contribution in [-0.4, -0.2) is 13.0 Å². The number of amides is 1. The van der Waals surface area contributed by atoms with Gasteiger partial charge < -0.3 is 14.8 Å². The second kappa shape index (κ2) is 8.35. The number of hydrogen-bond donors (Lipinski definition) is 1. The number of alkyl halides is 3. The summed E-state index contributed by atoms with van der Waals surface area (Å²) >= 11 is 1.19. The van der Waals surface area contributed by atoms with Crippen LogP contribution < -0.4 is 14.8 Å². The summed E-state index contributed by atoms with van der Waals surface area (Å²) in [6.07, 6.45) is -4.42. The van der Waals surface area contributed by atoms with Gasteiger partial charge in [-0.3, -0.25) is 4.79 Å². The highest BCUT2D eigenvalue weighted by Gasteiger charge is 2.30. The molecule has 0 spiro atoms. The average molecular weight is 407 g/mol. The van der Waals surface area contributed by atoms with Gasteiger partial charge in [-0.25, -0.2) is 0 Å². The zero-order valence-corrected chi connectivity index (χ0v) is 15.6. The minimum atomic E-state index is -4.42. The molecule has 0 aliphatic rings. The summed E-state index contributed by atoms with van der Waals surface area (Å²) < 4.78 is 48.7. The van der Waals surface area contributed by atoms with Crippen LogP contribution in [0.3, 0.4) is 0 Å². The lowest BCUT2D eigenvalue weighted by molar-refractivity contribution is -0.137. The summed E-state index contributed by atoms with van der Waals surface area (Å²) in [6.45, 7) is 0.265.